The summed E-state index contributed by atoms with van der Waals surface area (Å²) in [5.41, 5.74) is 0. The Morgan fingerprint density at radius 1 is 1.50 bits per heavy atom. The predicted molar refractivity (Wildman–Crippen MR) is 32.9 cm³/mol. The molecule has 0 aromatic rings. The van der Waals surface area contributed by atoms with Gasteiger partial charge >= 0.3 is 6.16 Å². The lowest BCUT2D eigenvalue weighted by Crippen LogP contribution is -2.12. The lowest BCUT2D eigenvalue weighted by Gasteiger charge is -1.80. The van der Waals surface area contributed by atoms with Crippen molar-refractivity contribution < 1.29 is 19.8 Å². The standard InChI is InChI=1S/C4H7NO.CH2O3/c6-4-2-1-3-5-4;2-1(3)4/h1-3H2,(H,5,6);(H2,2,3,4). The molecule has 5 nitrogen and oxygen atoms in total. The molecule has 1 aliphatic heterocycles. The largest absolute Gasteiger partial charge is 0.503 e. The van der Waals surface area contributed by atoms with Crippen LogP contribution in [0.3, 0.4) is 0 Å². The monoisotopic (exact) mass is 147 g/mol. The molecule has 0 spiro atoms. The second-order valence-corrected chi connectivity index (χ2v) is 1.74. The molecule has 0 aromatic heterocycles. The van der Waals surface area contributed by atoms with Crippen LogP contribution in [0.5, 0.6) is 0 Å². The molecule has 1 aliphatic rings. The molecule has 1 amide bonds. The number of carbonyl (C=O) groups excluding carboxylic acids is 1. The molecule has 0 aromatic carbocycles. The van der Waals surface area contributed by atoms with Crippen LogP contribution in [-0.4, -0.2) is 28.8 Å². The van der Waals surface area contributed by atoms with E-state index in [1.165, 1.54) is 0 Å². The summed E-state index contributed by atoms with van der Waals surface area (Å²) in [5.74, 6) is 0.204. The van der Waals surface area contributed by atoms with Crippen molar-refractivity contribution in [2.24, 2.45) is 0 Å². The molecule has 1 heterocycles. The van der Waals surface area contributed by atoms with Crippen LogP contribution < -0.4 is 5.32 Å². The molecule has 5 heteroatoms. The molecule has 0 atom stereocenters. The van der Waals surface area contributed by atoms with Gasteiger partial charge in [0, 0.05) is 13.0 Å². The van der Waals surface area contributed by atoms with E-state index in [0.29, 0.717) is 0 Å². The minimum atomic E-state index is -1.83. The van der Waals surface area contributed by atoms with E-state index >= 15 is 0 Å². The number of rotatable bonds is 0. The second-order valence-electron chi connectivity index (χ2n) is 1.74. The molecular weight excluding hydrogens is 138 g/mol. The lowest BCUT2D eigenvalue weighted by atomic mass is 10.4. The van der Waals surface area contributed by atoms with Crippen molar-refractivity contribution in [1.82, 2.24) is 5.32 Å². The molecule has 3 N–H and O–H groups in total. The fraction of sp³-hybridized carbons (Fsp3) is 0.600. The van der Waals surface area contributed by atoms with E-state index in [2.05, 4.69) is 5.32 Å². The van der Waals surface area contributed by atoms with Gasteiger partial charge in [0.1, 0.15) is 0 Å². The van der Waals surface area contributed by atoms with Gasteiger partial charge in [0.2, 0.25) is 5.91 Å². The van der Waals surface area contributed by atoms with Gasteiger partial charge in [0.15, 0.2) is 0 Å². The van der Waals surface area contributed by atoms with E-state index in [0.717, 1.165) is 19.4 Å². The third-order valence-electron chi connectivity index (χ3n) is 0.903. The van der Waals surface area contributed by atoms with Gasteiger partial charge in [-0.3, -0.25) is 4.79 Å². The summed E-state index contributed by atoms with van der Waals surface area (Å²) in [6, 6.07) is 0. The molecule has 1 fully saturated rings. The van der Waals surface area contributed by atoms with E-state index < -0.39 is 6.16 Å². The summed E-state index contributed by atoms with van der Waals surface area (Å²) in [4.78, 5) is 18.7. The van der Waals surface area contributed by atoms with Crippen LogP contribution in [-0.2, 0) is 4.79 Å². The Morgan fingerprint density at radius 3 is 2.10 bits per heavy atom. The number of carboxylic acid groups (broad SMARTS) is 2. The first-order chi connectivity index (χ1) is 4.63. The van der Waals surface area contributed by atoms with E-state index in [-0.39, 0.29) is 5.91 Å². The first-order valence-corrected chi connectivity index (χ1v) is 2.81. The average Bonchev–Trinajstić information content (AvgIpc) is 2.15. The van der Waals surface area contributed by atoms with Crippen LogP contribution in [0.4, 0.5) is 4.79 Å². The molecule has 0 radical (unpaired) electrons. The van der Waals surface area contributed by atoms with Crippen molar-refractivity contribution in [1.29, 1.82) is 0 Å². The van der Waals surface area contributed by atoms with Gasteiger partial charge in [-0.05, 0) is 6.42 Å². The van der Waals surface area contributed by atoms with Crippen LogP contribution in [0.1, 0.15) is 12.8 Å². The van der Waals surface area contributed by atoms with Gasteiger partial charge in [0.05, 0.1) is 0 Å². The highest BCUT2D eigenvalue weighted by atomic mass is 16.6. The Bertz CT molecular complexity index is 122. The SMILES string of the molecule is O=C(O)O.O=C1CCCN1. The second kappa shape index (κ2) is 4.60. The summed E-state index contributed by atoms with van der Waals surface area (Å²) in [6.45, 7) is 0.888. The number of nitrogens with one attached hydrogen (secondary N) is 1. The quantitative estimate of drug-likeness (QED) is 0.454. The van der Waals surface area contributed by atoms with Crippen LogP contribution in [0.25, 0.3) is 0 Å². The van der Waals surface area contributed by atoms with Crippen molar-refractivity contribution >= 4 is 12.1 Å². The fourth-order valence-corrected chi connectivity index (χ4v) is 0.565. The van der Waals surface area contributed by atoms with Gasteiger partial charge < -0.3 is 15.5 Å². The van der Waals surface area contributed by atoms with Crippen molar-refractivity contribution in [2.75, 3.05) is 6.54 Å². The predicted octanol–water partition coefficient (Wildman–Crippen LogP) is 0.119. The Kier molecular flexibility index (Phi) is 4.02. The van der Waals surface area contributed by atoms with Crippen molar-refractivity contribution in [3.63, 3.8) is 0 Å². The lowest BCUT2D eigenvalue weighted by molar-refractivity contribution is -0.119. The zero-order valence-corrected chi connectivity index (χ0v) is 5.33. The van der Waals surface area contributed by atoms with Gasteiger partial charge in [-0.2, -0.15) is 0 Å². The Hall–Kier alpha value is -1.26. The summed E-state index contributed by atoms with van der Waals surface area (Å²) < 4.78 is 0. The Labute approximate surface area is 57.7 Å². The molecular formula is C5H9NO4. The smallest absolute Gasteiger partial charge is 0.450 e. The molecule has 0 bridgehead atoms. The summed E-state index contributed by atoms with van der Waals surface area (Å²) >= 11 is 0. The third-order valence-corrected chi connectivity index (χ3v) is 0.903. The molecule has 0 unspecified atom stereocenters. The molecule has 10 heavy (non-hydrogen) atoms. The van der Waals surface area contributed by atoms with Crippen LogP contribution in [0.2, 0.25) is 0 Å². The molecule has 0 aliphatic carbocycles. The van der Waals surface area contributed by atoms with E-state index in [1.54, 1.807) is 0 Å². The minimum absolute atomic E-state index is 0.204. The maximum absolute atomic E-state index is 10.1. The van der Waals surface area contributed by atoms with Gasteiger partial charge in [-0.1, -0.05) is 0 Å². The zero-order chi connectivity index (χ0) is 7.98. The van der Waals surface area contributed by atoms with Crippen LogP contribution >= 0.6 is 0 Å². The summed E-state index contributed by atoms with van der Waals surface area (Å²) in [5, 5.41) is 16.6. The van der Waals surface area contributed by atoms with Crippen molar-refractivity contribution in [3.8, 4) is 0 Å². The molecule has 58 valence electrons. The van der Waals surface area contributed by atoms with E-state index in [4.69, 9.17) is 15.0 Å². The van der Waals surface area contributed by atoms with Gasteiger partial charge in [0.25, 0.3) is 0 Å². The van der Waals surface area contributed by atoms with E-state index in [1.807, 2.05) is 0 Å². The molecule has 1 rings (SSSR count). The maximum atomic E-state index is 10.1. The van der Waals surface area contributed by atoms with Crippen molar-refractivity contribution in [3.05, 3.63) is 0 Å². The van der Waals surface area contributed by atoms with Gasteiger partial charge in [-0.15, -0.1) is 0 Å². The first-order valence-electron chi connectivity index (χ1n) is 2.81. The highest BCUT2D eigenvalue weighted by molar-refractivity contribution is 5.77. The van der Waals surface area contributed by atoms with Gasteiger partial charge in [-0.25, -0.2) is 4.79 Å². The highest BCUT2D eigenvalue weighted by Gasteiger charge is 2.05. The number of amides is 1. The van der Waals surface area contributed by atoms with Crippen molar-refractivity contribution in [2.45, 2.75) is 12.8 Å². The Morgan fingerprint density at radius 2 is 2.00 bits per heavy atom. The molecule has 0 saturated carbocycles. The maximum Gasteiger partial charge on any atom is 0.503 e. The van der Waals surface area contributed by atoms with E-state index in [9.17, 15) is 4.79 Å². The van der Waals surface area contributed by atoms with Crippen LogP contribution in [0.15, 0.2) is 0 Å². The summed E-state index contributed by atoms with van der Waals surface area (Å²) in [7, 11) is 0. The first kappa shape index (κ1) is 8.74. The Balaban J connectivity index is 0.000000180. The number of carbonyl (C=O) groups is 2. The topological polar surface area (TPSA) is 86.6 Å². The number of hydrogen-bond acceptors (Lipinski definition) is 2. The fourth-order valence-electron chi connectivity index (χ4n) is 0.565. The normalized spacial score (nSPS) is 15.0. The third kappa shape index (κ3) is 6.74. The minimum Gasteiger partial charge on any atom is -0.450 e. The highest BCUT2D eigenvalue weighted by Crippen LogP contribution is 1.93. The summed E-state index contributed by atoms with van der Waals surface area (Å²) in [6.07, 6.45) is -0.0706. The molecule has 1 saturated heterocycles. The number of hydrogen-bond donors (Lipinski definition) is 3. The average molecular weight is 147 g/mol. The zero-order valence-electron chi connectivity index (χ0n) is 5.33. The van der Waals surface area contributed by atoms with Crippen LogP contribution in [0, 0.1) is 0 Å².